The largest absolute Gasteiger partial charge is 0.480 e. The summed E-state index contributed by atoms with van der Waals surface area (Å²) in [4.78, 5) is 24.5. The van der Waals surface area contributed by atoms with Gasteiger partial charge in [-0.3, -0.25) is 4.79 Å². The molecule has 26 heavy (non-hydrogen) atoms. The Morgan fingerprint density at radius 1 is 1.08 bits per heavy atom. The van der Waals surface area contributed by atoms with E-state index in [9.17, 15) is 23.1 Å². The van der Waals surface area contributed by atoms with Crippen LogP contribution in [-0.2, 0) is 14.8 Å². The van der Waals surface area contributed by atoms with Gasteiger partial charge in [-0.05, 0) is 43.9 Å². The topological polar surface area (TPSA) is 113 Å². The predicted molar refractivity (Wildman–Crippen MR) is 95.3 cm³/mol. The molecule has 7 nitrogen and oxygen atoms in total. The van der Waals surface area contributed by atoms with Crippen LogP contribution in [0.1, 0.15) is 61.7 Å². The second-order valence-corrected chi connectivity index (χ2v) is 8.89. The quantitative estimate of drug-likeness (QED) is 0.654. The molecule has 0 unspecified atom stereocenters. The molecule has 8 heteroatoms. The van der Waals surface area contributed by atoms with Crippen molar-refractivity contribution in [3.63, 3.8) is 0 Å². The van der Waals surface area contributed by atoms with Crippen LogP contribution in [0.4, 0.5) is 0 Å². The van der Waals surface area contributed by atoms with Gasteiger partial charge in [-0.1, -0.05) is 31.7 Å². The number of hydrogen-bond acceptors (Lipinski definition) is 4. The zero-order valence-corrected chi connectivity index (χ0v) is 15.3. The zero-order valence-electron chi connectivity index (χ0n) is 14.5. The number of carboxylic acids is 1. The normalized spacial score (nSPS) is 20.2. The van der Waals surface area contributed by atoms with Crippen LogP contribution in [-0.4, -0.2) is 37.0 Å². The third-order valence-electron chi connectivity index (χ3n) is 5.02. The first-order chi connectivity index (χ1) is 12.3. The number of hydrogen-bond donors (Lipinski definition) is 3. The second kappa shape index (κ2) is 7.36. The highest BCUT2D eigenvalue weighted by Gasteiger charge is 2.40. The van der Waals surface area contributed by atoms with E-state index >= 15 is 0 Å². The SMILES string of the molecule is O=C(NC1(C(=O)O)CCCCCC1)c1cccc(S(=O)(=O)NC2CC2)c1. The minimum Gasteiger partial charge on any atom is -0.480 e. The lowest BCUT2D eigenvalue weighted by molar-refractivity contribution is -0.145. The monoisotopic (exact) mass is 380 g/mol. The molecular formula is C18H24N2O5S. The van der Waals surface area contributed by atoms with Crippen molar-refractivity contribution in [3.05, 3.63) is 29.8 Å². The maximum absolute atomic E-state index is 12.7. The van der Waals surface area contributed by atoms with E-state index in [0.717, 1.165) is 38.5 Å². The summed E-state index contributed by atoms with van der Waals surface area (Å²) in [6.07, 6.45) is 5.79. The average Bonchev–Trinajstić information content (AvgIpc) is 3.42. The number of rotatable bonds is 6. The summed E-state index contributed by atoms with van der Waals surface area (Å²) in [5, 5.41) is 12.3. The zero-order chi connectivity index (χ0) is 18.8. The van der Waals surface area contributed by atoms with Crippen LogP contribution in [0.2, 0.25) is 0 Å². The van der Waals surface area contributed by atoms with Crippen LogP contribution in [0.15, 0.2) is 29.2 Å². The molecule has 0 saturated heterocycles. The lowest BCUT2D eigenvalue weighted by Crippen LogP contribution is -2.54. The van der Waals surface area contributed by atoms with Crippen LogP contribution in [0, 0.1) is 0 Å². The Bertz CT molecular complexity index is 794. The molecule has 0 aliphatic heterocycles. The number of sulfonamides is 1. The Kier molecular flexibility index (Phi) is 5.34. The minimum atomic E-state index is -3.67. The van der Waals surface area contributed by atoms with Gasteiger partial charge in [0.1, 0.15) is 5.54 Å². The van der Waals surface area contributed by atoms with E-state index in [1.807, 2.05) is 0 Å². The van der Waals surface area contributed by atoms with Crippen molar-refractivity contribution in [2.24, 2.45) is 0 Å². The van der Waals surface area contributed by atoms with Crippen molar-refractivity contribution in [1.82, 2.24) is 10.0 Å². The van der Waals surface area contributed by atoms with Crippen molar-refractivity contribution < 1.29 is 23.1 Å². The summed E-state index contributed by atoms with van der Waals surface area (Å²) < 4.78 is 27.2. The van der Waals surface area contributed by atoms with Crippen molar-refractivity contribution in [1.29, 1.82) is 0 Å². The van der Waals surface area contributed by atoms with Gasteiger partial charge < -0.3 is 10.4 Å². The van der Waals surface area contributed by atoms with E-state index in [4.69, 9.17) is 0 Å². The standard InChI is InChI=1S/C18H24N2O5S/c21-16(19-18(17(22)23)10-3-1-2-4-11-18)13-6-5-7-15(12-13)26(24,25)20-14-8-9-14/h5-7,12,14,20H,1-4,8-11H2,(H,19,21)(H,22,23). The van der Waals surface area contributed by atoms with Crippen LogP contribution in [0.5, 0.6) is 0 Å². The fourth-order valence-electron chi connectivity index (χ4n) is 3.31. The van der Waals surface area contributed by atoms with Crippen molar-refractivity contribution in [3.8, 4) is 0 Å². The molecule has 0 bridgehead atoms. The average molecular weight is 380 g/mol. The fourth-order valence-corrected chi connectivity index (χ4v) is 4.66. The minimum absolute atomic E-state index is 0.0160. The second-order valence-electron chi connectivity index (χ2n) is 7.18. The maximum Gasteiger partial charge on any atom is 0.329 e. The highest BCUT2D eigenvalue weighted by molar-refractivity contribution is 7.89. The molecule has 0 radical (unpaired) electrons. The van der Waals surface area contributed by atoms with E-state index in [1.165, 1.54) is 24.3 Å². The van der Waals surface area contributed by atoms with E-state index in [2.05, 4.69) is 10.0 Å². The third kappa shape index (κ3) is 4.24. The molecule has 3 rings (SSSR count). The maximum atomic E-state index is 12.7. The summed E-state index contributed by atoms with van der Waals surface area (Å²) >= 11 is 0. The highest BCUT2D eigenvalue weighted by atomic mass is 32.2. The Morgan fingerprint density at radius 3 is 2.31 bits per heavy atom. The highest BCUT2D eigenvalue weighted by Crippen LogP contribution is 2.28. The molecule has 0 aromatic heterocycles. The lowest BCUT2D eigenvalue weighted by atomic mass is 9.90. The number of carbonyl (C=O) groups is 2. The van der Waals surface area contributed by atoms with E-state index < -0.39 is 27.4 Å². The molecule has 3 N–H and O–H groups in total. The molecule has 2 aliphatic carbocycles. The van der Waals surface area contributed by atoms with Crippen molar-refractivity contribution in [2.75, 3.05) is 0 Å². The summed E-state index contributed by atoms with van der Waals surface area (Å²) in [5.41, 5.74) is -1.14. The van der Waals surface area contributed by atoms with Gasteiger partial charge in [-0.2, -0.15) is 0 Å². The van der Waals surface area contributed by atoms with E-state index in [0.29, 0.717) is 12.8 Å². The number of nitrogens with one attached hydrogen (secondary N) is 2. The number of carbonyl (C=O) groups excluding carboxylic acids is 1. The summed E-state index contributed by atoms with van der Waals surface area (Å²) in [7, 11) is -3.67. The van der Waals surface area contributed by atoms with Crippen LogP contribution < -0.4 is 10.0 Å². The van der Waals surface area contributed by atoms with Gasteiger partial charge in [0.25, 0.3) is 5.91 Å². The molecule has 2 fully saturated rings. The van der Waals surface area contributed by atoms with Gasteiger partial charge >= 0.3 is 5.97 Å². The first-order valence-electron chi connectivity index (χ1n) is 9.01. The van der Waals surface area contributed by atoms with Gasteiger partial charge in [-0.15, -0.1) is 0 Å². The first kappa shape index (κ1) is 18.8. The Morgan fingerprint density at radius 2 is 1.73 bits per heavy atom. The Hall–Kier alpha value is -1.93. The fraction of sp³-hybridized carbons (Fsp3) is 0.556. The molecule has 1 amide bonds. The third-order valence-corrected chi connectivity index (χ3v) is 6.54. The molecular weight excluding hydrogens is 356 g/mol. The van der Waals surface area contributed by atoms with Gasteiger partial charge in [-0.25, -0.2) is 17.9 Å². The van der Waals surface area contributed by atoms with E-state index in [-0.39, 0.29) is 16.5 Å². The van der Waals surface area contributed by atoms with Gasteiger partial charge in [0.2, 0.25) is 10.0 Å². The Labute approximate surface area is 153 Å². The van der Waals surface area contributed by atoms with Crippen LogP contribution in [0.3, 0.4) is 0 Å². The number of amides is 1. The molecule has 0 heterocycles. The van der Waals surface area contributed by atoms with E-state index in [1.54, 1.807) is 0 Å². The molecule has 142 valence electrons. The molecule has 1 aromatic rings. The Balaban J connectivity index is 1.80. The molecule has 0 atom stereocenters. The molecule has 2 saturated carbocycles. The number of benzene rings is 1. The summed E-state index contributed by atoms with van der Waals surface area (Å²) in [5.74, 6) is -1.59. The summed E-state index contributed by atoms with van der Waals surface area (Å²) in [6, 6.07) is 5.69. The van der Waals surface area contributed by atoms with Gasteiger partial charge in [0.15, 0.2) is 0 Å². The van der Waals surface area contributed by atoms with Gasteiger partial charge in [0, 0.05) is 11.6 Å². The van der Waals surface area contributed by atoms with Crippen molar-refractivity contribution in [2.45, 2.75) is 67.8 Å². The lowest BCUT2D eigenvalue weighted by Gasteiger charge is -2.29. The smallest absolute Gasteiger partial charge is 0.329 e. The number of aliphatic carboxylic acids is 1. The molecule has 1 aromatic carbocycles. The van der Waals surface area contributed by atoms with Crippen LogP contribution >= 0.6 is 0 Å². The summed E-state index contributed by atoms with van der Waals surface area (Å²) in [6.45, 7) is 0. The predicted octanol–water partition coefficient (Wildman–Crippen LogP) is 2.03. The first-order valence-corrected chi connectivity index (χ1v) is 10.5. The number of carboxylic acid groups (broad SMARTS) is 1. The van der Waals surface area contributed by atoms with Crippen LogP contribution in [0.25, 0.3) is 0 Å². The molecule has 2 aliphatic rings. The molecule has 0 spiro atoms. The van der Waals surface area contributed by atoms with Crippen molar-refractivity contribution >= 4 is 21.9 Å². The van der Waals surface area contributed by atoms with Gasteiger partial charge in [0.05, 0.1) is 4.90 Å².